The van der Waals surface area contributed by atoms with Crippen molar-refractivity contribution in [1.82, 2.24) is 4.72 Å². The highest BCUT2D eigenvalue weighted by molar-refractivity contribution is 7.89. The number of benzene rings is 2. The Balaban J connectivity index is 1.78. The zero-order valence-corrected chi connectivity index (χ0v) is 14.1. The van der Waals surface area contributed by atoms with Crippen LogP contribution in [0.2, 0.25) is 0 Å². The predicted octanol–water partition coefficient (Wildman–Crippen LogP) is 1.42. The molecule has 0 spiro atoms. The van der Waals surface area contributed by atoms with Crippen molar-refractivity contribution in [1.29, 1.82) is 0 Å². The number of hydrogen-bond acceptors (Lipinski definition) is 5. The number of carbonyl (C=O) groups is 2. The summed E-state index contributed by atoms with van der Waals surface area (Å²) in [5.74, 6) is -2.73. The number of amides is 1. The molecule has 0 aromatic heterocycles. The van der Waals surface area contributed by atoms with Crippen LogP contribution in [-0.2, 0) is 24.3 Å². The molecule has 0 aliphatic rings. The zero-order chi connectivity index (χ0) is 19.2. The summed E-state index contributed by atoms with van der Waals surface area (Å²) in [6.07, 6.45) is 0. The second kappa shape index (κ2) is 8.50. The topological polar surface area (TPSA) is 102 Å². The highest BCUT2D eigenvalue weighted by Crippen LogP contribution is 2.09. The van der Waals surface area contributed by atoms with Crippen molar-refractivity contribution >= 4 is 27.6 Å². The van der Waals surface area contributed by atoms with E-state index in [2.05, 4.69) is 10.1 Å². The summed E-state index contributed by atoms with van der Waals surface area (Å²) in [5, 5.41) is 2.37. The Morgan fingerprint density at radius 3 is 2.04 bits per heavy atom. The molecule has 26 heavy (non-hydrogen) atoms. The smallest absolute Gasteiger partial charge is 0.321 e. The highest BCUT2D eigenvalue weighted by Gasteiger charge is 2.16. The van der Waals surface area contributed by atoms with E-state index in [1.165, 1.54) is 12.1 Å². The number of esters is 1. The van der Waals surface area contributed by atoms with Crippen LogP contribution in [0.25, 0.3) is 0 Å². The molecule has 7 nitrogen and oxygen atoms in total. The lowest BCUT2D eigenvalue weighted by Gasteiger charge is -2.08. The van der Waals surface area contributed by atoms with Gasteiger partial charge in [-0.2, -0.15) is 4.72 Å². The fourth-order valence-corrected chi connectivity index (χ4v) is 2.75. The fraction of sp³-hybridized carbons (Fsp3) is 0.125. The van der Waals surface area contributed by atoms with Crippen LogP contribution in [-0.4, -0.2) is 33.4 Å². The number of ether oxygens (including phenoxy) is 1. The number of sulfonamides is 1. The first kappa shape index (κ1) is 19.5. The Labute approximate surface area is 148 Å². The minimum atomic E-state index is -4.02. The van der Waals surface area contributed by atoms with Crippen molar-refractivity contribution in [2.75, 3.05) is 18.5 Å². The summed E-state index contributed by atoms with van der Waals surface area (Å²) >= 11 is 0. The van der Waals surface area contributed by atoms with Gasteiger partial charge in [0, 0.05) is 5.69 Å². The summed E-state index contributed by atoms with van der Waals surface area (Å²) < 4.78 is 56.0. The van der Waals surface area contributed by atoms with Crippen LogP contribution in [0, 0.1) is 11.6 Å². The summed E-state index contributed by atoms with van der Waals surface area (Å²) in [6, 6.07) is 8.95. The van der Waals surface area contributed by atoms with Crippen LogP contribution in [0.1, 0.15) is 0 Å². The molecular weight excluding hydrogens is 370 g/mol. The van der Waals surface area contributed by atoms with E-state index in [9.17, 15) is 26.8 Å². The quantitative estimate of drug-likeness (QED) is 0.703. The van der Waals surface area contributed by atoms with Gasteiger partial charge in [0.25, 0.3) is 5.91 Å². The molecule has 0 saturated carbocycles. The summed E-state index contributed by atoms with van der Waals surface area (Å²) in [5.41, 5.74) is 0.310. The number of carbonyl (C=O) groups excluding carboxylic acids is 2. The molecule has 0 radical (unpaired) electrons. The summed E-state index contributed by atoms with van der Waals surface area (Å²) in [4.78, 5) is 22.9. The Morgan fingerprint density at radius 2 is 1.46 bits per heavy atom. The molecule has 0 saturated heterocycles. The van der Waals surface area contributed by atoms with Gasteiger partial charge in [0.2, 0.25) is 10.0 Å². The van der Waals surface area contributed by atoms with E-state index in [0.29, 0.717) is 5.69 Å². The van der Waals surface area contributed by atoms with Gasteiger partial charge in [0.15, 0.2) is 6.61 Å². The molecule has 2 aromatic rings. The molecule has 0 aliphatic carbocycles. The third kappa shape index (κ3) is 5.90. The number of hydrogen-bond donors (Lipinski definition) is 2. The monoisotopic (exact) mass is 384 g/mol. The van der Waals surface area contributed by atoms with Crippen LogP contribution in [0.3, 0.4) is 0 Å². The second-order valence-corrected chi connectivity index (χ2v) is 6.76. The first-order chi connectivity index (χ1) is 12.3. The highest BCUT2D eigenvalue weighted by atomic mass is 32.2. The van der Waals surface area contributed by atoms with Gasteiger partial charge in [-0.15, -0.1) is 0 Å². The van der Waals surface area contributed by atoms with E-state index in [0.717, 1.165) is 36.4 Å². The maximum atomic E-state index is 12.8. The standard InChI is InChI=1S/C16H14F2N2O5S/c17-11-1-5-13(6-2-11)20-15(21)10-25-16(22)9-19-26(23,24)14-7-3-12(18)4-8-14/h1-8,19H,9-10H2,(H,20,21). The maximum absolute atomic E-state index is 12.8. The average molecular weight is 384 g/mol. The van der Waals surface area contributed by atoms with Crippen LogP contribution < -0.4 is 10.0 Å². The van der Waals surface area contributed by atoms with E-state index in [1.54, 1.807) is 0 Å². The largest absolute Gasteiger partial charge is 0.455 e. The summed E-state index contributed by atoms with van der Waals surface area (Å²) in [6.45, 7) is -1.35. The van der Waals surface area contributed by atoms with E-state index in [1.807, 2.05) is 4.72 Å². The molecule has 2 aromatic carbocycles. The van der Waals surface area contributed by atoms with Gasteiger partial charge in [-0.05, 0) is 48.5 Å². The predicted molar refractivity (Wildman–Crippen MR) is 87.6 cm³/mol. The van der Waals surface area contributed by atoms with Crippen molar-refractivity contribution in [2.45, 2.75) is 4.90 Å². The van der Waals surface area contributed by atoms with Crippen molar-refractivity contribution in [3.05, 3.63) is 60.2 Å². The lowest BCUT2D eigenvalue weighted by molar-refractivity contribution is -0.146. The molecule has 10 heteroatoms. The van der Waals surface area contributed by atoms with Crippen LogP contribution in [0.5, 0.6) is 0 Å². The molecule has 2 N–H and O–H groups in total. The molecule has 138 valence electrons. The van der Waals surface area contributed by atoms with Gasteiger partial charge in [0.05, 0.1) is 4.90 Å². The lowest BCUT2D eigenvalue weighted by atomic mass is 10.3. The Hall–Kier alpha value is -2.85. The van der Waals surface area contributed by atoms with Crippen molar-refractivity contribution in [3.63, 3.8) is 0 Å². The van der Waals surface area contributed by atoms with Gasteiger partial charge in [-0.25, -0.2) is 17.2 Å². The molecule has 2 rings (SSSR count). The lowest BCUT2D eigenvalue weighted by Crippen LogP contribution is -2.32. The van der Waals surface area contributed by atoms with E-state index in [-0.39, 0.29) is 4.90 Å². The van der Waals surface area contributed by atoms with E-state index >= 15 is 0 Å². The van der Waals surface area contributed by atoms with Gasteiger partial charge < -0.3 is 10.1 Å². The van der Waals surface area contributed by atoms with Gasteiger partial charge in [0.1, 0.15) is 18.2 Å². The first-order valence-corrected chi connectivity index (χ1v) is 8.71. The minimum Gasteiger partial charge on any atom is -0.455 e. The molecule has 0 atom stereocenters. The van der Waals surface area contributed by atoms with Crippen LogP contribution >= 0.6 is 0 Å². The molecule has 0 fully saturated rings. The third-order valence-corrected chi connectivity index (χ3v) is 4.44. The zero-order valence-electron chi connectivity index (χ0n) is 13.2. The number of halogens is 2. The van der Waals surface area contributed by atoms with Crippen LogP contribution in [0.15, 0.2) is 53.4 Å². The minimum absolute atomic E-state index is 0.222. The third-order valence-electron chi connectivity index (χ3n) is 3.02. The van der Waals surface area contributed by atoms with Crippen LogP contribution in [0.4, 0.5) is 14.5 Å². The molecule has 1 amide bonds. The van der Waals surface area contributed by atoms with Gasteiger partial charge in [-0.1, -0.05) is 0 Å². The molecule has 0 heterocycles. The number of anilines is 1. The molecule has 0 unspecified atom stereocenters. The second-order valence-electron chi connectivity index (χ2n) is 4.99. The van der Waals surface area contributed by atoms with Gasteiger partial charge in [-0.3, -0.25) is 9.59 Å². The Morgan fingerprint density at radius 1 is 0.923 bits per heavy atom. The molecule has 0 bridgehead atoms. The molecular formula is C16H14F2N2O5S. The van der Waals surface area contributed by atoms with Crippen molar-refractivity contribution in [3.8, 4) is 0 Å². The SMILES string of the molecule is O=C(COC(=O)CNS(=O)(=O)c1ccc(F)cc1)Nc1ccc(F)cc1. The van der Waals surface area contributed by atoms with Gasteiger partial charge >= 0.3 is 5.97 Å². The normalized spacial score (nSPS) is 11.0. The average Bonchev–Trinajstić information content (AvgIpc) is 2.61. The number of nitrogens with one attached hydrogen (secondary N) is 2. The van der Waals surface area contributed by atoms with E-state index in [4.69, 9.17) is 0 Å². The number of rotatable bonds is 7. The van der Waals surface area contributed by atoms with Crippen molar-refractivity contribution < 1.29 is 31.5 Å². The van der Waals surface area contributed by atoms with E-state index < -0.39 is 46.7 Å². The Kier molecular flexibility index (Phi) is 6.36. The Bertz CT molecular complexity index is 884. The molecule has 0 aliphatic heterocycles. The fourth-order valence-electron chi connectivity index (χ4n) is 1.78. The first-order valence-electron chi connectivity index (χ1n) is 7.22. The maximum Gasteiger partial charge on any atom is 0.321 e. The summed E-state index contributed by atoms with van der Waals surface area (Å²) in [7, 11) is -4.02. The van der Waals surface area contributed by atoms with Crippen molar-refractivity contribution in [2.24, 2.45) is 0 Å².